The van der Waals surface area contributed by atoms with E-state index < -0.39 is 11.9 Å². The van der Waals surface area contributed by atoms with Gasteiger partial charge in [0.1, 0.15) is 5.82 Å². The molecule has 2 unspecified atom stereocenters. The van der Waals surface area contributed by atoms with Crippen molar-refractivity contribution in [1.82, 2.24) is 0 Å². The van der Waals surface area contributed by atoms with E-state index in [0.29, 0.717) is 29.7 Å². The highest BCUT2D eigenvalue weighted by Crippen LogP contribution is 2.40. The number of anilines is 1. The number of hydrogen-bond donors (Lipinski definition) is 2. The van der Waals surface area contributed by atoms with Crippen molar-refractivity contribution in [2.24, 2.45) is 0 Å². The first-order chi connectivity index (χ1) is 8.58. The van der Waals surface area contributed by atoms with E-state index in [0.717, 1.165) is 6.42 Å². The minimum Gasteiger partial charge on any atom is -0.388 e. The average molecular weight is 251 g/mol. The summed E-state index contributed by atoms with van der Waals surface area (Å²) in [5.74, 6) is -0.805. The van der Waals surface area contributed by atoms with Gasteiger partial charge in [-0.15, -0.1) is 0 Å². The fraction of sp³-hybridized carbons (Fsp3) is 0.500. The van der Waals surface area contributed by atoms with Gasteiger partial charge in [-0.05, 0) is 30.5 Å². The molecule has 18 heavy (non-hydrogen) atoms. The number of halogens is 1. The molecule has 1 heterocycles. The first kappa shape index (κ1) is 13.0. The highest BCUT2D eigenvalue weighted by Gasteiger charge is 2.32. The van der Waals surface area contributed by atoms with E-state index in [1.807, 2.05) is 13.8 Å². The van der Waals surface area contributed by atoms with Gasteiger partial charge in [-0.1, -0.05) is 20.3 Å². The molecule has 0 radical (unpaired) electrons. The Kier molecular flexibility index (Phi) is 3.66. The molecule has 98 valence electrons. The predicted molar refractivity (Wildman–Crippen MR) is 67.9 cm³/mol. The Bertz CT molecular complexity index is 473. The molecule has 1 amide bonds. The van der Waals surface area contributed by atoms with Crippen LogP contribution in [0.2, 0.25) is 0 Å². The third-order valence-electron chi connectivity index (χ3n) is 3.43. The van der Waals surface area contributed by atoms with E-state index in [2.05, 4.69) is 5.32 Å². The van der Waals surface area contributed by atoms with Crippen molar-refractivity contribution in [3.8, 4) is 0 Å². The number of carbonyl (C=O) groups is 1. The van der Waals surface area contributed by atoms with Crippen LogP contribution in [0.5, 0.6) is 0 Å². The first-order valence-corrected chi connectivity index (χ1v) is 6.40. The molecule has 0 saturated heterocycles. The quantitative estimate of drug-likeness (QED) is 0.863. The molecule has 1 aliphatic heterocycles. The van der Waals surface area contributed by atoms with Gasteiger partial charge < -0.3 is 10.4 Å². The standard InChI is InChI=1S/C14H18FNO2/c1-3-5-12(17)11-7-8(15)6-10-9(4-2)14(18)16-13(10)11/h6-7,9,12,17H,3-5H2,1-2H3,(H,16,18). The molecule has 0 aromatic heterocycles. The monoisotopic (exact) mass is 251 g/mol. The third-order valence-corrected chi connectivity index (χ3v) is 3.43. The summed E-state index contributed by atoms with van der Waals surface area (Å²) in [5.41, 5.74) is 1.78. The highest BCUT2D eigenvalue weighted by molar-refractivity contribution is 6.03. The lowest BCUT2D eigenvalue weighted by molar-refractivity contribution is -0.117. The normalized spacial score (nSPS) is 19.6. The van der Waals surface area contributed by atoms with Crippen molar-refractivity contribution in [2.45, 2.75) is 45.1 Å². The molecule has 2 atom stereocenters. The van der Waals surface area contributed by atoms with Crippen LogP contribution < -0.4 is 5.32 Å². The molecule has 0 fully saturated rings. The summed E-state index contributed by atoms with van der Waals surface area (Å²) in [6, 6.07) is 2.71. The zero-order chi connectivity index (χ0) is 13.3. The zero-order valence-corrected chi connectivity index (χ0v) is 10.7. The summed E-state index contributed by atoms with van der Waals surface area (Å²) < 4.78 is 13.6. The summed E-state index contributed by atoms with van der Waals surface area (Å²) in [5, 5.41) is 12.8. The maximum atomic E-state index is 13.6. The van der Waals surface area contributed by atoms with Crippen molar-refractivity contribution in [3.05, 3.63) is 29.1 Å². The lowest BCUT2D eigenvalue weighted by Crippen LogP contribution is -2.11. The van der Waals surface area contributed by atoms with Gasteiger partial charge in [0.2, 0.25) is 5.91 Å². The second-order valence-corrected chi connectivity index (χ2v) is 4.71. The molecule has 0 saturated carbocycles. The van der Waals surface area contributed by atoms with E-state index >= 15 is 0 Å². The number of rotatable bonds is 4. The molecular formula is C14H18FNO2. The van der Waals surface area contributed by atoms with Crippen molar-refractivity contribution in [2.75, 3.05) is 5.32 Å². The molecule has 0 bridgehead atoms. The zero-order valence-electron chi connectivity index (χ0n) is 10.7. The Labute approximate surface area is 106 Å². The van der Waals surface area contributed by atoms with Crippen molar-refractivity contribution in [1.29, 1.82) is 0 Å². The van der Waals surface area contributed by atoms with E-state index in [1.165, 1.54) is 12.1 Å². The topological polar surface area (TPSA) is 49.3 Å². The Hall–Kier alpha value is -1.42. The fourth-order valence-electron chi connectivity index (χ4n) is 2.52. The van der Waals surface area contributed by atoms with Crippen LogP contribution in [0, 0.1) is 5.82 Å². The summed E-state index contributed by atoms with van der Waals surface area (Å²) in [4.78, 5) is 11.8. The maximum Gasteiger partial charge on any atom is 0.232 e. The molecule has 2 N–H and O–H groups in total. The van der Waals surface area contributed by atoms with Crippen molar-refractivity contribution in [3.63, 3.8) is 0 Å². The maximum absolute atomic E-state index is 13.6. The van der Waals surface area contributed by atoms with Gasteiger partial charge in [0.15, 0.2) is 0 Å². The molecule has 1 aliphatic rings. The van der Waals surface area contributed by atoms with E-state index in [9.17, 15) is 14.3 Å². The molecule has 0 aliphatic carbocycles. The van der Waals surface area contributed by atoms with Crippen LogP contribution in [0.25, 0.3) is 0 Å². The number of hydrogen-bond acceptors (Lipinski definition) is 2. The first-order valence-electron chi connectivity index (χ1n) is 6.40. The number of aliphatic hydroxyl groups is 1. The van der Waals surface area contributed by atoms with Gasteiger partial charge in [0.25, 0.3) is 0 Å². The molecule has 1 aromatic carbocycles. The molecular weight excluding hydrogens is 233 g/mol. The SMILES string of the molecule is CCCC(O)c1cc(F)cc2c1NC(=O)C2CC. The van der Waals surface area contributed by atoms with Gasteiger partial charge >= 0.3 is 0 Å². The Morgan fingerprint density at radius 3 is 2.78 bits per heavy atom. The van der Waals surface area contributed by atoms with Gasteiger partial charge in [0.05, 0.1) is 17.7 Å². The molecule has 3 nitrogen and oxygen atoms in total. The van der Waals surface area contributed by atoms with Crippen LogP contribution >= 0.6 is 0 Å². The number of carbonyl (C=O) groups excluding carboxylic acids is 1. The minimum atomic E-state index is -0.727. The Morgan fingerprint density at radius 1 is 1.44 bits per heavy atom. The van der Waals surface area contributed by atoms with Crippen LogP contribution in [-0.4, -0.2) is 11.0 Å². The van der Waals surface area contributed by atoms with Gasteiger partial charge in [-0.25, -0.2) is 4.39 Å². The van der Waals surface area contributed by atoms with Gasteiger partial charge in [0, 0.05) is 5.56 Å². The minimum absolute atomic E-state index is 0.108. The Balaban J connectivity index is 2.48. The lowest BCUT2D eigenvalue weighted by Gasteiger charge is -2.15. The molecule has 2 rings (SSSR count). The number of benzene rings is 1. The van der Waals surface area contributed by atoms with Crippen LogP contribution in [0.3, 0.4) is 0 Å². The lowest BCUT2D eigenvalue weighted by atomic mass is 9.94. The smallest absolute Gasteiger partial charge is 0.232 e. The van der Waals surface area contributed by atoms with Crippen LogP contribution in [-0.2, 0) is 4.79 Å². The highest BCUT2D eigenvalue weighted by atomic mass is 19.1. The molecule has 0 spiro atoms. The fourth-order valence-corrected chi connectivity index (χ4v) is 2.52. The second kappa shape index (κ2) is 5.06. The molecule has 1 aromatic rings. The number of aliphatic hydroxyl groups excluding tert-OH is 1. The summed E-state index contributed by atoms with van der Waals surface area (Å²) >= 11 is 0. The van der Waals surface area contributed by atoms with Crippen LogP contribution in [0.4, 0.5) is 10.1 Å². The van der Waals surface area contributed by atoms with Crippen LogP contribution in [0.1, 0.15) is 56.3 Å². The number of fused-ring (bicyclic) bond motifs is 1. The van der Waals surface area contributed by atoms with Crippen molar-refractivity contribution < 1.29 is 14.3 Å². The average Bonchev–Trinajstić information content (AvgIpc) is 2.63. The van der Waals surface area contributed by atoms with Gasteiger partial charge in [-0.2, -0.15) is 0 Å². The largest absolute Gasteiger partial charge is 0.388 e. The third kappa shape index (κ3) is 2.12. The van der Waals surface area contributed by atoms with E-state index in [-0.39, 0.29) is 11.8 Å². The second-order valence-electron chi connectivity index (χ2n) is 4.71. The Morgan fingerprint density at radius 2 is 2.17 bits per heavy atom. The molecule has 4 heteroatoms. The summed E-state index contributed by atoms with van der Waals surface area (Å²) in [6.45, 7) is 3.85. The summed E-state index contributed by atoms with van der Waals surface area (Å²) in [7, 11) is 0. The van der Waals surface area contributed by atoms with Crippen LogP contribution in [0.15, 0.2) is 12.1 Å². The predicted octanol–water partition coefficient (Wildman–Crippen LogP) is 3.10. The van der Waals surface area contributed by atoms with E-state index in [1.54, 1.807) is 0 Å². The van der Waals surface area contributed by atoms with Crippen molar-refractivity contribution >= 4 is 11.6 Å². The van der Waals surface area contributed by atoms with Gasteiger partial charge in [-0.3, -0.25) is 4.79 Å². The number of amides is 1. The summed E-state index contributed by atoms with van der Waals surface area (Å²) in [6.07, 6.45) is 1.27. The van der Waals surface area contributed by atoms with E-state index in [4.69, 9.17) is 0 Å². The number of nitrogens with one attached hydrogen (secondary N) is 1.